The maximum absolute atomic E-state index is 13.7. The van der Waals surface area contributed by atoms with E-state index in [0.717, 1.165) is 50.9 Å². The van der Waals surface area contributed by atoms with E-state index in [4.69, 9.17) is 0 Å². The quantitative estimate of drug-likeness (QED) is 0.801. The molecule has 0 spiro atoms. The minimum Gasteiger partial charge on any atom is -0.320 e. The van der Waals surface area contributed by atoms with Crippen LogP contribution in [0, 0.1) is 17.6 Å². The zero-order valence-corrected chi connectivity index (χ0v) is 15.6. The van der Waals surface area contributed by atoms with Crippen LogP contribution in [0.2, 0.25) is 0 Å². The van der Waals surface area contributed by atoms with Gasteiger partial charge in [-0.3, -0.25) is 9.69 Å². The highest BCUT2D eigenvalue weighted by molar-refractivity contribution is 5.94. The third kappa shape index (κ3) is 5.13. The first kappa shape index (κ1) is 19.5. The van der Waals surface area contributed by atoms with Crippen LogP contribution >= 0.6 is 0 Å². The van der Waals surface area contributed by atoms with Gasteiger partial charge in [0, 0.05) is 0 Å². The number of piperidine rings is 1. The number of likely N-dealkylation sites (tertiary alicyclic amines) is 1. The summed E-state index contributed by atoms with van der Waals surface area (Å²) in [6.07, 6.45) is 4.31. The molecule has 1 aliphatic rings. The molecule has 1 amide bonds. The van der Waals surface area contributed by atoms with Crippen LogP contribution in [0.1, 0.15) is 31.7 Å². The maximum atomic E-state index is 13.7. The number of para-hydroxylation sites is 1. The molecule has 1 aliphatic heterocycles. The smallest absolute Gasteiger partial charge is 0.241 e. The van der Waals surface area contributed by atoms with Crippen molar-refractivity contribution in [3.05, 3.63) is 65.7 Å². The van der Waals surface area contributed by atoms with Crippen LogP contribution in [-0.2, 0) is 11.2 Å². The fourth-order valence-electron chi connectivity index (χ4n) is 3.66. The van der Waals surface area contributed by atoms with Gasteiger partial charge < -0.3 is 5.32 Å². The number of nitrogens with one attached hydrogen (secondary N) is 1. The van der Waals surface area contributed by atoms with Crippen LogP contribution in [0.15, 0.2) is 48.5 Å². The topological polar surface area (TPSA) is 32.3 Å². The zero-order valence-electron chi connectivity index (χ0n) is 15.6. The molecule has 0 unspecified atom stereocenters. The van der Waals surface area contributed by atoms with Crippen LogP contribution in [0.4, 0.5) is 14.5 Å². The molecule has 1 atom stereocenters. The largest absolute Gasteiger partial charge is 0.320 e. The van der Waals surface area contributed by atoms with Gasteiger partial charge in [-0.2, -0.15) is 0 Å². The van der Waals surface area contributed by atoms with Crippen molar-refractivity contribution in [3.8, 4) is 0 Å². The zero-order chi connectivity index (χ0) is 19.2. The van der Waals surface area contributed by atoms with Crippen molar-refractivity contribution < 1.29 is 13.6 Å². The number of anilines is 1. The number of carbonyl (C=O) groups is 1. The SMILES string of the molecule is C[C@@H](C(=O)Nc1c(F)cccc1F)N1CCC(CCc2ccccc2)CC1. The molecule has 2 aromatic rings. The summed E-state index contributed by atoms with van der Waals surface area (Å²) in [5.74, 6) is -1.23. The molecule has 1 saturated heterocycles. The number of aryl methyl sites for hydroxylation is 1. The summed E-state index contributed by atoms with van der Waals surface area (Å²) in [5, 5.41) is 2.40. The van der Waals surface area contributed by atoms with Crippen molar-refractivity contribution in [2.24, 2.45) is 5.92 Å². The summed E-state index contributed by atoms with van der Waals surface area (Å²) in [6.45, 7) is 3.44. The molecule has 1 heterocycles. The number of nitrogens with zero attached hydrogens (tertiary/aromatic N) is 1. The third-order valence-corrected chi connectivity index (χ3v) is 5.47. The van der Waals surface area contributed by atoms with Crippen molar-refractivity contribution in [2.75, 3.05) is 18.4 Å². The Bertz CT molecular complexity index is 738. The van der Waals surface area contributed by atoms with Crippen molar-refractivity contribution in [1.29, 1.82) is 0 Å². The number of hydrogen-bond acceptors (Lipinski definition) is 2. The minimum absolute atomic E-state index is 0.368. The lowest BCUT2D eigenvalue weighted by Gasteiger charge is -2.35. The Morgan fingerprint density at radius 2 is 1.70 bits per heavy atom. The lowest BCUT2D eigenvalue weighted by molar-refractivity contribution is -0.121. The highest BCUT2D eigenvalue weighted by Crippen LogP contribution is 2.24. The Labute approximate surface area is 159 Å². The van der Waals surface area contributed by atoms with Gasteiger partial charge in [0.25, 0.3) is 0 Å². The van der Waals surface area contributed by atoms with E-state index in [9.17, 15) is 13.6 Å². The summed E-state index contributed by atoms with van der Waals surface area (Å²) >= 11 is 0. The molecular formula is C22H26F2N2O. The van der Waals surface area contributed by atoms with E-state index >= 15 is 0 Å². The van der Waals surface area contributed by atoms with Crippen molar-refractivity contribution >= 4 is 11.6 Å². The van der Waals surface area contributed by atoms with E-state index in [1.165, 1.54) is 11.6 Å². The van der Waals surface area contributed by atoms with E-state index in [1.807, 2.05) is 6.07 Å². The number of hydrogen-bond donors (Lipinski definition) is 1. The molecule has 0 bridgehead atoms. The molecule has 27 heavy (non-hydrogen) atoms. The molecule has 3 nitrogen and oxygen atoms in total. The molecule has 5 heteroatoms. The van der Waals surface area contributed by atoms with Crippen molar-refractivity contribution in [3.63, 3.8) is 0 Å². The second-order valence-electron chi connectivity index (χ2n) is 7.27. The van der Waals surface area contributed by atoms with E-state index in [0.29, 0.717) is 5.92 Å². The van der Waals surface area contributed by atoms with E-state index in [1.54, 1.807) is 6.92 Å². The monoisotopic (exact) mass is 372 g/mol. The summed E-state index contributed by atoms with van der Waals surface area (Å²) < 4.78 is 27.4. The highest BCUT2D eigenvalue weighted by atomic mass is 19.1. The Balaban J connectivity index is 1.48. The lowest BCUT2D eigenvalue weighted by atomic mass is 9.90. The third-order valence-electron chi connectivity index (χ3n) is 5.47. The molecule has 2 aromatic carbocycles. The summed E-state index contributed by atoms with van der Waals surface area (Å²) in [5.41, 5.74) is 0.992. The first-order valence-electron chi connectivity index (χ1n) is 9.57. The number of benzene rings is 2. The summed E-state index contributed by atoms with van der Waals surface area (Å²) in [4.78, 5) is 14.5. The second-order valence-corrected chi connectivity index (χ2v) is 7.27. The van der Waals surface area contributed by atoms with Crippen LogP contribution < -0.4 is 5.32 Å². The van der Waals surface area contributed by atoms with E-state index in [-0.39, 0.29) is 11.6 Å². The van der Waals surface area contributed by atoms with Gasteiger partial charge in [0.1, 0.15) is 17.3 Å². The Kier molecular flexibility index (Phi) is 6.56. The Morgan fingerprint density at radius 3 is 2.33 bits per heavy atom. The Morgan fingerprint density at radius 1 is 1.07 bits per heavy atom. The summed E-state index contributed by atoms with van der Waals surface area (Å²) in [7, 11) is 0. The average molecular weight is 372 g/mol. The molecule has 0 aliphatic carbocycles. The Hall–Kier alpha value is -2.27. The molecule has 0 saturated carbocycles. The van der Waals surface area contributed by atoms with Gasteiger partial charge in [0.15, 0.2) is 0 Å². The van der Waals surface area contributed by atoms with Gasteiger partial charge >= 0.3 is 0 Å². The van der Waals surface area contributed by atoms with Gasteiger partial charge in [-0.05, 0) is 69.3 Å². The minimum atomic E-state index is -0.754. The number of amides is 1. The fraction of sp³-hybridized carbons (Fsp3) is 0.409. The van der Waals surface area contributed by atoms with Crippen LogP contribution in [-0.4, -0.2) is 29.9 Å². The predicted octanol–water partition coefficient (Wildman–Crippen LogP) is 4.64. The second kappa shape index (κ2) is 9.09. The highest BCUT2D eigenvalue weighted by Gasteiger charge is 2.27. The van der Waals surface area contributed by atoms with Crippen LogP contribution in [0.3, 0.4) is 0 Å². The first-order valence-corrected chi connectivity index (χ1v) is 9.57. The fourth-order valence-corrected chi connectivity index (χ4v) is 3.66. The van der Waals surface area contributed by atoms with E-state index in [2.05, 4.69) is 34.5 Å². The molecule has 144 valence electrons. The van der Waals surface area contributed by atoms with Gasteiger partial charge in [0.05, 0.1) is 6.04 Å². The van der Waals surface area contributed by atoms with Gasteiger partial charge in [-0.15, -0.1) is 0 Å². The molecule has 0 radical (unpaired) electrons. The molecule has 0 aromatic heterocycles. The molecule has 3 rings (SSSR count). The summed E-state index contributed by atoms with van der Waals surface area (Å²) in [6, 6.07) is 13.6. The van der Waals surface area contributed by atoms with Gasteiger partial charge in [-0.1, -0.05) is 36.4 Å². The van der Waals surface area contributed by atoms with Gasteiger partial charge in [0.2, 0.25) is 5.91 Å². The van der Waals surface area contributed by atoms with E-state index < -0.39 is 17.7 Å². The average Bonchev–Trinajstić information content (AvgIpc) is 2.70. The molecule has 1 fully saturated rings. The predicted molar refractivity (Wildman–Crippen MR) is 104 cm³/mol. The normalized spacial score (nSPS) is 16.9. The number of rotatable bonds is 6. The lowest BCUT2D eigenvalue weighted by Crippen LogP contribution is -2.46. The standard InChI is InChI=1S/C22H26F2N2O/c1-16(22(27)25-21-19(23)8-5-9-20(21)24)26-14-12-18(13-15-26)11-10-17-6-3-2-4-7-17/h2-9,16,18H,10-15H2,1H3,(H,25,27)/t16-/m0/s1. The molecular weight excluding hydrogens is 346 g/mol. The van der Waals surface area contributed by atoms with Crippen LogP contribution in [0.5, 0.6) is 0 Å². The maximum Gasteiger partial charge on any atom is 0.241 e. The van der Waals surface area contributed by atoms with Crippen LogP contribution in [0.25, 0.3) is 0 Å². The number of carbonyl (C=O) groups excluding carboxylic acids is 1. The van der Waals surface area contributed by atoms with Crippen molar-refractivity contribution in [2.45, 2.75) is 38.6 Å². The first-order chi connectivity index (χ1) is 13.0. The molecule has 1 N–H and O–H groups in total. The van der Waals surface area contributed by atoms with Gasteiger partial charge in [-0.25, -0.2) is 8.78 Å². The van der Waals surface area contributed by atoms with Crippen molar-refractivity contribution in [1.82, 2.24) is 4.90 Å². The number of halogens is 2.